The lowest BCUT2D eigenvalue weighted by Crippen LogP contribution is -2.27. The number of rotatable bonds is 7. The predicted molar refractivity (Wildman–Crippen MR) is 109 cm³/mol. The molecule has 6 heteroatoms. The summed E-state index contributed by atoms with van der Waals surface area (Å²) < 4.78 is 9.64. The second-order valence-electron chi connectivity index (χ2n) is 6.78. The van der Waals surface area contributed by atoms with E-state index in [-0.39, 0.29) is 5.41 Å². The van der Waals surface area contributed by atoms with Crippen LogP contribution in [0.4, 0.5) is 5.13 Å². The van der Waals surface area contributed by atoms with E-state index in [1.807, 2.05) is 36.4 Å². The van der Waals surface area contributed by atoms with Crippen molar-refractivity contribution in [3.05, 3.63) is 70.5 Å². The molecular formula is C20H22ClN3OS. The lowest BCUT2D eigenvalue weighted by Gasteiger charge is -2.25. The largest absolute Gasteiger partial charge is 0.497 e. The SMILES string of the molecule is COc1ccc(Cc2nsc(NCC(C)(C)c3ccc(Cl)cc3)n2)cc1. The molecule has 4 nitrogen and oxygen atoms in total. The van der Waals surface area contributed by atoms with E-state index in [1.54, 1.807) is 7.11 Å². The van der Waals surface area contributed by atoms with E-state index >= 15 is 0 Å². The molecule has 26 heavy (non-hydrogen) atoms. The molecule has 1 N–H and O–H groups in total. The first kappa shape index (κ1) is 18.7. The van der Waals surface area contributed by atoms with Crippen molar-refractivity contribution in [3.8, 4) is 5.75 Å². The van der Waals surface area contributed by atoms with E-state index in [9.17, 15) is 0 Å². The highest BCUT2D eigenvalue weighted by Crippen LogP contribution is 2.26. The topological polar surface area (TPSA) is 47.0 Å². The highest BCUT2D eigenvalue weighted by Gasteiger charge is 2.21. The molecule has 136 valence electrons. The van der Waals surface area contributed by atoms with Crippen LogP contribution in [-0.4, -0.2) is 23.0 Å². The summed E-state index contributed by atoms with van der Waals surface area (Å²) in [6.45, 7) is 5.16. The van der Waals surface area contributed by atoms with Crippen LogP contribution < -0.4 is 10.1 Å². The molecule has 0 spiro atoms. The molecule has 0 aliphatic heterocycles. The standard InChI is InChI=1S/C20H22ClN3OS/c1-20(2,15-6-8-16(21)9-7-15)13-22-19-23-18(24-26-19)12-14-4-10-17(25-3)11-5-14/h4-11H,12-13H2,1-3H3,(H,22,23,24). The number of hydrogen-bond donors (Lipinski definition) is 1. The van der Waals surface area contributed by atoms with Gasteiger partial charge in [0.05, 0.1) is 7.11 Å². The van der Waals surface area contributed by atoms with Gasteiger partial charge in [-0.15, -0.1) is 0 Å². The Balaban J connectivity index is 1.60. The van der Waals surface area contributed by atoms with Gasteiger partial charge in [-0.1, -0.05) is 49.7 Å². The molecule has 0 amide bonds. The second-order valence-corrected chi connectivity index (χ2v) is 7.97. The van der Waals surface area contributed by atoms with E-state index in [0.29, 0.717) is 6.42 Å². The van der Waals surface area contributed by atoms with Crippen LogP contribution in [-0.2, 0) is 11.8 Å². The molecular weight excluding hydrogens is 366 g/mol. The maximum atomic E-state index is 5.98. The average Bonchev–Trinajstić information content (AvgIpc) is 3.09. The van der Waals surface area contributed by atoms with Crippen molar-refractivity contribution < 1.29 is 4.74 Å². The summed E-state index contributed by atoms with van der Waals surface area (Å²) in [6.07, 6.45) is 0.711. The van der Waals surface area contributed by atoms with Crippen molar-refractivity contribution in [2.45, 2.75) is 25.7 Å². The van der Waals surface area contributed by atoms with Gasteiger partial charge in [-0.3, -0.25) is 0 Å². The van der Waals surface area contributed by atoms with Gasteiger partial charge in [0.2, 0.25) is 5.13 Å². The Kier molecular flexibility index (Phi) is 5.79. The van der Waals surface area contributed by atoms with Crippen LogP contribution in [0.25, 0.3) is 0 Å². The number of halogens is 1. The van der Waals surface area contributed by atoms with Gasteiger partial charge in [0.25, 0.3) is 0 Å². The molecule has 2 aromatic carbocycles. The molecule has 3 rings (SSSR count). The average molecular weight is 388 g/mol. The van der Waals surface area contributed by atoms with E-state index in [2.05, 4.69) is 40.7 Å². The van der Waals surface area contributed by atoms with Gasteiger partial charge in [-0.2, -0.15) is 4.37 Å². The van der Waals surface area contributed by atoms with Crippen molar-refractivity contribution in [2.75, 3.05) is 19.0 Å². The Morgan fingerprint density at radius 3 is 2.42 bits per heavy atom. The van der Waals surface area contributed by atoms with E-state index in [1.165, 1.54) is 17.1 Å². The van der Waals surface area contributed by atoms with Gasteiger partial charge < -0.3 is 10.1 Å². The smallest absolute Gasteiger partial charge is 0.202 e. The molecule has 0 atom stereocenters. The summed E-state index contributed by atoms with van der Waals surface area (Å²) in [4.78, 5) is 4.60. The molecule has 0 unspecified atom stereocenters. The third-order valence-electron chi connectivity index (χ3n) is 4.30. The molecule has 0 saturated heterocycles. The number of nitrogens with zero attached hydrogens (tertiary/aromatic N) is 2. The fourth-order valence-electron chi connectivity index (χ4n) is 2.62. The summed E-state index contributed by atoms with van der Waals surface area (Å²) in [5, 5.41) is 5.01. The van der Waals surface area contributed by atoms with Gasteiger partial charge in [0.15, 0.2) is 0 Å². The fraction of sp³-hybridized carbons (Fsp3) is 0.300. The summed E-state index contributed by atoms with van der Waals surface area (Å²) in [6, 6.07) is 16.0. The van der Waals surface area contributed by atoms with Crippen molar-refractivity contribution in [3.63, 3.8) is 0 Å². The zero-order valence-corrected chi connectivity index (χ0v) is 16.7. The summed E-state index contributed by atoms with van der Waals surface area (Å²) in [5.41, 5.74) is 2.36. The lowest BCUT2D eigenvalue weighted by molar-refractivity contribution is 0.414. The first-order valence-corrected chi connectivity index (χ1v) is 9.57. The minimum Gasteiger partial charge on any atom is -0.497 e. The number of aromatic nitrogens is 2. The van der Waals surface area contributed by atoms with Crippen molar-refractivity contribution in [1.82, 2.24) is 9.36 Å². The number of anilines is 1. The summed E-state index contributed by atoms with van der Waals surface area (Å²) >= 11 is 7.38. The molecule has 0 bridgehead atoms. The predicted octanol–water partition coefficient (Wildman–Crippen LogP) is 5.18. The molecule has 1 aromatic heterocycles. The maximum absolute atomic E-state index is 5.98. The second kappa shape index (κ2) is 8.06. The number of ether oxygens (including phenoxy) is 1. The summed E-state index contributed by atoms with van der Waals surface area (Å²) in [5.74, 6) is 1.68. The van der Waals surface area contributed by atoms with E-state index in [4.69, 9.17) is 16.3 Å². The van der Waals surface area contributed by atoms with Crippen LogP contribution >= 0.6 is 23.1 Å². The van der Waals surface area contributed by atoms with Crippen LogP contribution in [0.2, 0.25) is 5.02 Å². The van der Waals surface area contributed by atoms with Crippen LogP contribution in [0.15, 0.2) is 48.5 Å². The molecule has 3 aromatic rings. The first-order valence-electron chi connectivity index (χ1n) is 8.42. The van der Waals surface area contributed by atoms with Crippen molar-refractivity contribution in [2.24, 2.45) is 0 Å². The number of methoxy groups -OCH3 is 1. The normalized spacial score (nSPS) is 11.4. The molecule has 0 aliphatic carbocycles. The van der Waals surface area contributed by atoms with E-state index in [0.717, 1.165) is 33.8 Å². The lowest BCUT2D eigenvalue weighted by atomic mass is 9.85. The molecule has 1 heterocycles. The van der Waals surface area contributed by atoms with Crippen LogP contribution in [0.3, 0.4) is 0 Å². The van der Waals surface area contributed by atoms with Gasteiger partial charge in [0.1, 0.15) is 11.6 Å². The Labute approximate surface area is 163 Å². The van der Waals surface area contributed by atoms with E-state index < -0.39 is 0 Å². The maximum Gasteiger partial charge on any atom is 0.202 e. The van der Waals surface area contributed by atoms with Crippen molar-refractivity contribution in [1.29, 1.82) is 0 Å². The Morgan fingerprint density at radius 1 is 1.08 bits per heavy atom. The molecule has 0 aliphatic rings. The minimum atomic E-state index is -0.0353. The highest BCUT2D eigenvalue weighted by atomic mass is 35.5. The monoisotopic (exact) mass is 387 g/mol. The van der Waals surface area contributed by atoms with Crippen LogP contribution in [0.5, 0.6) is 5.75 Å². The molecule has 0 radical (unpaired) electrons. The van der Waals surface area contributed by atoms with Crippen LogP contribution in [0, 0.1) is 0 Å². The van der Waals surface area contributed by atoms with Gasteiger partial charge >= 0.3 is 0 Å². The van der Waals surface area contributed by atoms with Crippen LogP contribution in [0.1, 0.15) is 30.8 Å². The highest BCUT2D eigenvalue weighted by molar-refractivity contribution is 7.09. The number of nitrogens with one attached hydrogen (secondary N) is 1. The molecule has 0 saturated carbocycles. The van der Waals surface area contributed by atoms with Gasteiger partial charge in [-0.05, 0) is 35.4 Å². The summed E-state index contributed by atoms with van der Waals surface area (Å²) in [7, 11) is 1.67. The Bertz CT molecular complexity index is 844. The Morgan fingerprint density at radius 2 is 1.77 bits per heavy atom. The quantitative estimate of drug-likeness (QED) is 0.606. The third kappa shape index (κ3) is 4.74. The third-order valence-corrected chi connectivity index (χ3v) is 5.26. The molecule has 0 fully saturated rings. The zero-order chi connectivity index (χ0) is 18.6. The fourth-order valence-corrected chi connectivity index (χ4v) is 3.33. The number of hydrogen-bond acceptors (Lipinski definition) is 5. The van der Waals surface area contributed by atoms with Gasteiger partial charge in [0, 0.05) is 34.9 Å². The van der Waals surface area contributed by atoms with Crippen molar-refractivity contribution >= 4 is 28.3 Å². The first-order chi connectivity index (χ1) is 12.5. The Hall–Kier alpha value is -2.11. The number of benzene rings is 2. The van der Waals surface area contributed by atoms with Gasteiger partial charge in [-0.25, -0.2) is 4.98 Å². The minimum absolute atomic E-state index is 0.0353. The zero-order valence-electron chi connectivity index (χ0n) is 15.1.